The van der Waals surface area contributed by atoms with Crippen molar-refractivity contribution in [2.75, 3.05) is 0 Å². The average molecular weight is 336 g/mol. The first-order valence-electron chi connectivity index (χ1n) is 9.45. The van der Waals surface area contributed by atoms with Gasteiger partial charge in [-0.15, -0.1) is 0 Å². The minimum atomic E-state index is -0.323. The molecule has 1 fully saturated rings. The predicted octanol–water partition coefficient (Wildman–Crippen LogP) is 5.23. The summed E-state index contributed by atoms with van der Waals surface area (Å²) in [5.74, 6) is 0.806. The fourth-order valence-electron chi connectivity index (χ4n) is 4.37. The number of carbonyl (C=O) groups excluding carboxylic acids is 2. The zero-order valence-corrected chi connectivity index (χ0v) is 15.2. The fourth-order valence-corrected chi connectivity index (χ4v) is 4.37. The normalized spacial score (nSPS) is 27.1. The van der Waals surface area contributed by atoms with Gasteiger partial charge in [-0.05, 0) is 56.1 Å². The zero-order valence-electron chi connectivity index (χ0n) is 15.2. The largest absolute Gasteiger partial charge is 0.299 e. The molecule has 0 saturated heterocycles. The molecule has 0 unspecified atom stereocenters. The number of ketones is 2. The Morgan fingerprint density at radius 1 is 1.20 bits per heavy atom. The van der Waals surface area contributed by atoms with Crippen molar-refractivity contribution in [1.29, 1.82) is 0 Å². The van der Waals surface area contributed by atoms with Gasteiger partial charge in [0, 0.05) is 18.3 Å². The summed E-state index contributed by atoms with van der Waals surface area (Å²) in [4.78, 5) is 25.0. The molecule has 2 aliphatic carbocycles. The van der Waals surface area contributed by atoms with E-state index in [0.29, 0.717) is 18.6 Å². The topological polar surface area (TPSA) is 34.1 Å². The molecule has 132 valence electrons. The molecule has 2 atom stereocenters. The average Bonchev–Trinajstić information content (AvgIpc) is 2.61. The third-order valence-corrected chi connectivity index (χ3v) is 6.01. The molecule has 2 aliphatic rings. The Morgan fingerprint density at radius 3 is 2.64 bits per heavy atom. The highest BCUT2D eigenvalue weighted by Gasteiger charge is 2.41. The third kappa shape index (κ3) is 4.00. The molecular formula is C23H28O2. The van der Waals surface area contributed by atoms with E-state index in [9.17, 15) is 9.59 Å². The van der Waals surface area contributed by atoms with Gasteiger partial charge in [-0.1, -0.05) is 55.0 Å². The lowest BCUT2D eigenvalue weighted by atomic mass is 9.64. The van der Waals surface area contributed by atoms with Crippen LogP contribution in [0.15, 0.2) is 54.1 Å². The highest BCUT2D eigenvalue weighted by atomic mass is 16.1. The number of rotatable bonds is 5. The monoisotopic (exact) mass is 336 g/mol. The maximum Gasteiger partial charge on any atom is 0.158 e. The van der Waals surface area contributed by atoms with E-state index in [-0.39, 0.29) is 17.1 Å². The molecule has 1 aromatic carbocycles. The van der Waals surface area contributed by atoms with E-state index in [0.717, 1.165) is 49.7 Å². The molecule has 1 saturated carbocycles. The van der Waals surface area contributed by atoms with E-state index < -0.39 is 0 Å². The smallest absolute Gasteiger partial charge is 0.158 e. The van der Waals surface area contributed by atoms with Crippen LogP contribution in [0.5, 0.6) is 0 Å². The Labute approximate surface area is 151 Å². The van der Waals surface area contributed by atoms with Crippen molar-refractivity contribution in [2.45, 2.75) is 58.3 Å². The molecule has 25 heavy (non-hydrogen) atoms. The first kappa shape index (κ1) is 17.8. The maximum absolute atomic E-state index is 12.9. The number of benzene rings is 1. The van der Waals surface area contributed by atoms with Crippen molar-refractivity contribution in [3.63, 3.8) is 0 Å². The summed E-state index contributed by atoms with van der Waals surface area (Å²) in [6.07, 6.45) is 8.72. The van der Waals surface area contributed by atoms with Crippen LogP contribution in [0.2, 0.25) is 0 Å². The molecule has 2 nitrogen and oxygen atoms in total. The van der Waals surface area contributed by atoms with E-state index in [2.05, 4.69) is 18.7 Å². The van der Waals surface area contributed by atoms with Crippen LogP contribution >= 0.6 is 0 Å². The van der Waals surface area contributed by atoms with E-state index in [1.165, 1.54) is 5.56 Å². The zero-order chi connectivity index (χ0) is 17.9. The van der Waals surface area contributed by atoms with Crippen LogP contribution in [0.1, 0.15) is 57.4 Å². The fraction of sp³-hybridized carbons (Fsp3) is 0.478. The number of hydrogen-bond donors (Lipinski definition) is 0. The molecule has 0 N–H and O–H groups in total. The number of hydrogen-bond acceptors (Lipinski definition) is 2. The van der Waals surface area contributed by atoms with Gasteiger partial charge in [0.25, 0.3) is 0 Å². The summed E-state index contributed by atoms with van der Waals surface area (Å²) in [6, 6.07) is 10.3. The molecule has 3 rings (SSSR count). The first-order chi connectivity index (χ1) is 12.0. The summed E-state index contributed by atoms with van der Waals surface area (Å²) < 4.78 is 0. The molecule has 0 amide bonds. The minimum Gasteiger partial charge on any atom is -0.299 e. The van der Waals surface area contributed by atoms with Crippen molar-refractivity contribution >= 4 is 11.6 Å². The van der Waals surface area contributed by atoms with Crippen molar-refractivity contribution in [1.82, 2.24) is 0 Å². The molecular weight excluding hydrogens is 308 g/mol. The van der Waals surface area contributed by atoms with Crippen LogP contribution in [0, 0.1) is 11.3 Å². The van der Waals surface area contributed by atoms with Gasteiger partial charge in [-0.2, -0.15) is 0 Å². The molecule has 0 heterocycles. The third-order valence-electron chi connectivity index (χ3n) is 6.01. The second kappa shape index (κ2) is 7.51. The van der Waals surface area contributed by atoms with Crippen molar-refractivity contribution < 1.29 is 9.59 Å². The van der Waals surface area contributed by atoms with E-state index in [1.807, 2.05) is 31.2 Å². The Balaban J connectivity index is 1.79. The lowest BCUT2D eigenvalue weighted by molar-refractivity contribution is -0.131. The summed E-state index contributed by atoms with van der Waals surface area (Å²) in [5, 5.41) is 0. The maximum atomic E-state index is 12.9. The number of Topliss-reactive ketones (excluding diaryl/α,β-unsaturated/α-hetero) is 2. The van der Waals surface area contributed by atoms with Crippen molar-refractivity contribution in [3.05, 3.63) is 59.7 Å². The van der Waals surface area contributed by atoms with Gasteiger partial charge in [0.05, 0.1) is 0 Å². The van der Waals surface area contributed by atoms with Crippen LogP contribution < -0.4 is 0 Å². The minimum absolute atomic E-state index is 0.193. The Hall–Kier alpha value is -1.96. The Bertz CT molecular complexity index is 698. The van der Waals surface area contributed by atoms with Crippen LogP contribution in [0.25, 0.3) is 0 Å². The standard InChI is InChI=1S/C23H28O2/c1-17-11-12-20(14-21(17)24)18(2)15-23(13-7-6-10-22(23)25)16-19-8-4-3-5-9-19/h3-5,8-9,11,20H,2,6-7,10,12-16H2,1H3/t20-,23-/m1/s1. The molecule has 1 aromatic rings. The van der Waals surface area contributed by atoms with Gasteiger partial charge >= 0.3 is 0 Å². The van der Waals surface area contributed by atoms with Crippen molar-refractivity contribution in [2.24, 2.45) is 11.3 Å². The van der Waals surface area contributed by atoms with Crippen molar-refractivity contribution in [3.8, 4) is 0 Å². The van der Waals surface area contributed by atoms with Gasteiger partial charge < -0.3 is 0 Å². The summed E-state index contributed by atoms with van der Waals surface area (Å²) >= 11 is 0. The van der Waals surface area contributed by atoms with E-state index in [4.69, 9.17) is 0 Å². The van der Waals surface area contributed by atoms with Gasteiger partial charge in [-0.3, -0.25) is 9.59 Å². The Morgan fingerprint density at radius 2 is 1.96 bits per heavy atom. The van der Waals surface area contributed by atoms with Crippen LogP contribution in [-0.4, -0.2) is 11.6 Å². The highest BCUT2D eigenvalue weighted by molar-refractivity contribution is 5.96. The quantitative estimate of drug-likeness (QED) is 0.690. The highest BCUT2D eigenvalue weighted by Crippen LogP contribution is 2.44. The molecule has 0 aromatic heterocycles. The van der Waals surface area contributed by atoms with Gasteiger partial charge in [-0.25, -0.2) is 0 Å². The molecule has 0 bridgehead atoms. The van der Waals surface area contributed by atoms with Gasteiger partial charge in [0.15, 0.2) is 5.78 Å². The SMILES string of the molecule is C=C(C[C@@]1(Cc2ccccc2)CCCCC1=O)[C@@H]1CC=C(C)C(=O)C1. The lowest BCUT2D eigenvalue weighted by Gasteiger charge is -2.38. The molecule has 0 aliphatic heterocycles. The Kier molecular flexibility index (Phi) is 5.36. The van der Waals surface area contributed by atoms with Crippen LogP contribution in [0.4, 0.5) is 0 Å². The molecule has 0 spiro atoms. The van der Waals surface area contributed by atoms with E-state index >= 15 is 0 Å². The van der Waals surface area contributed by atoms with E-state index in [1.54, 1.807) is 0 Å². The summed E-state index contributed by atoms with van der Waals surface area (Å²) in [6.45, 7) is 6.21. The number of allylic oxidation sites excluding steroid dienone is 3. The van der Waals surface area contributed by atoms with Crippen LogP contribution in [0.3, 0.4) is 0 Å². The molecule has 0 radical (unpaired) electrons. The van der Waals surface area contributed by atoms with Gasteiger partial charge in [0.2, 0.25) is 0 Å². The first-order valence-corrected chi connectivity index (χ1v) is 9.45. The second-order valence-corrected chi connectivity index (χ2v) is 7.86. The molecule has 2 heteroatoms. The predicted molar refractivity (Wildman–Crippen MR) is 101 cm³/mol. The van der Waals surface area contributed by atoms with Crippen LogP contribution in [-0.2, 0) is 16.0 Å². The summed E-state index contributed by atoms with van der Waals surface area (Å²) in [5.41, 5.74) is 2.86. The second-order valence-electron chi connectivity index (χ2n) is 7.86. The van der Waals surface area contributed by atoms with Gasteiger partial charge in [0.1, 0.15) is 5.78 Å². The summed E-state index contributed by atoms with van der Waals surface area (Å²) in [7, 11) is 0. The number of carbonyl (C=O) groups is 2. The lowest BCUT2D eigenvalue weighted by Crippen LogP contribution is -2.37.